The Bertz CT molecular complexity index is 1760. The van der Waals surface area contributed by atoms with Gasteiger partial charge in [0.05, 0.1) is 18.5 Å². The number of nitriles is 1. The number of amides is 1. The van der Waals surface area contributed by atoms with Gasteiger partial charge in [-0.3, -0.25) is 9.59 Å². The molecule has 1 amide bonds. The number of rotatable bonds is 6. The molecular weight excluding hydrogens is 478 g/mol. The van der Waals surface area contributed by atoms with Gasteiger partial charge in [0.15, 0.2) is 5.69 Å². The molecule has 4 aromatic carbocycles. The number of carbonyl (C=O) groups excluding carboxylic acids is 1. The third-order valence-electron chi connectivity index (χ3n) is 6.23. The van der Waals surface area contributed by atoms with E-state index in [9.17, 15) is 14.9 Å². The molecule has 0 spiro atoms. The second-order valence-electron chi connectivity index (χ2n) is 8.54. The van der Waals surface area contributed by atoms with Crippen LogP contribution in [0.4, 0.5) is 0 Å². The Balaban J connectivity index is 1.51. The standard InChI is InChI=1S/C30H23N5O3/c1-3-38-23-14-12-22(13-15-23)35-30(37)26(17-31)19(2)28(34-35)29(36)33-32-18-27-24-10-6-4-8-20(24)16-21-9-5-7-11-25(21)27/h4-16,18H,3H2,1-2H3,(H,33,36)/b32-18+. The summed E-state index contributed by atoms with van der Waals surface area (Å²) < 4.78 is 6.49. The van der Waals surface area contributed by atoms with Crippen LogP contribution in [0.5, 0.6) is 5.75 Å². The SMILES string of the molecule is CCOc1ccc(-n2nc(C(=O)N/N=C/c3c4ccccc4cc4ccccc34)c(C)c(C#N)c2=O)cc1. The molecule has 0 saturated carbocycles. The first-order valence-electron chi connectivity index (χ1n) is 12.0. The number of hydrazone groups is 1. The van der Waals surface area contributed by atoms with Crippen molar-refractivity contribution in [1.82, 2.24) is 15.2 Å². The maximum atomic E-state index is 13.2. The molecule has 0 aliphatic rings. The van der Waals surface area contributed by atoms with Crippen LogP contribution in [0.15, 0.2) is 88.8 Å². The number of ether oxygens (including phenoxy) is 1. The molecule has 8 nitrogen and oxygen atoms in total. The number of fused-ring (bicyclic) bond motifs is 2. The van der Waals surface area contributed by atoms with Gasteiger partial charge in [-0.2, -0.15) is 20.1 Å². The van der Waals surface area contributed by atoms with E-state index in [1.807, 2.05) is 61.5 Å². The van der Waals surface area contributed by atoms with E-state index < -0.39 is 11.5 Å². The van der Waals surface area contributed by atoms with Crippen molar-refractivity contribution >= 4 is 33.7 Å². The largest absolute Gasteiger partial charge is 0.494 e. The number of aromatic nitrogens is 2. The van der Waals surface area contributed by atoms with Crippen molar-refractivity contribution in [2.24, 2.45) is 5.10 Å². The van der Waals surface area contributed by atoms with Crippen LogP contribution in [-0.2, 0) is 0 Å². The third-order valence-corrected chi connectivity index (χ3v) is 6.23. The van der Waals surface area contributed by atoms with Crippen molar-refractivity contribution in [3.8, 4) is 17.5 Å². The minimum atomic E-state index is -0.639. The zero-order valence-corrected chi connectivity index (χ0v) is 20.8. The highest BCUT2D eigenvalue weighted by Crippen LogP contribution is 2.27. The lowest BCUT2D eigenvalue weighted by Crippen LogP contribution is -2.31. The molecule has 0 atom stereocenters. The van der Waals surface area contributed by atoms with E-state index in [1.54, 1.807) is 30.5 Å². The molecule has 0 radical (unpaired) electrons. The molecule has 0 aliphatic carbocycles. The first kappa shape index (κ1) is 24.4. The Kier molecular flexibility index (Phi) is 6.66. The van der Waals surface area contributed by atoms with E-state index in [0.717, 1.165) is 31.8 Å². The fourth-order valence-corrected chi connectivity index (χ4v) is 4.37. The molecule has 1 aromatic heterocycles. The van der Waals surface area contributed by atoms with Crippen molar-refractivity contribution < 1.29 is 9.53 Å². The zero-order valence-electron chi connectivity index (χ0n) is 20.8. The van der Waals surface area contributed by atoms with Crippen molar-refractivity contribution in [2.45, 2.75) is 13.8 Å². The number of nitrogens with one attached hydrogen (secondary N) is 1. The van der Waals surface area contributed by atoms with Crippen molar-refractivity contribution in [1.29, 1.82) is 5.26 Å². The van der Waals surface area contributed by atoms with Crippen molar-refractivity contribution in [3.05, 3.63) is 112 Å². The van der Waals surface area contributed by atoms with Gasteiger partial charge in [0.25, 0.3) is 11.5 Å². The number of nitrogens with zero attached hydrogens (tertiary/aromatic N) is 4. The van der Waals surface area contributed by atoms with Gasteiger partial charge in [0.2, 0.25) is 0 Å². The van der Waals surface area contributed by atoms with Crippen LogP contribution < -0.4 is 15.7 Å². The normalized spacial score (nSPS) is 11.1. The van der Waals surface area contributed by atoms with Gasteiger partial charge in [0.1, 0.15) is 17.4 Å². The highest BCUT2D eigenvalue weighted by molar-refractivity contribution is 6.13. The number of carbonyl (C=O) groups is 1. The molecule has 5 aromatic rings. The lowest BCUT2D eigenvalue weighted by Gasteiger charge is -2.11. The van der Waals surface area contributed by atoms with Crippen LogP contribution in [0.25, 0.3) is 27.2 Å². The molecule has 186 valence electrons. The molecule has 1 heterocycles. The number of hydrogen-bond acceptors (Lipinski definition) is 6. The second-order valence-corrected chi connectivity index (χ2v) is 8.54. The Morgan fingerprint density at radius 2 is 1.68 bits per heavy atom. The Labute approximate surface area is 218 Å². The van der Waals surface area contributed by atoms with Crippen LogP contribution in [0.1, 0.15) is 34.1 Å². The summed E-state index contributed by atoms with van der Waals surface area (Å²) in [5, 5.41) is 22.2. The van der Waals surface area contributed by atoms with Crippen LogP contribution >= 0.6 is 0 Å². The fraction of sp³-hybridized carbons (Fsp3) is 0.100. The van der Waals surface area contributed by atoms with E-state index in [-0.39, 0.29) is 16.8 Å². The van der Waals surface area contributed by atoms with Gasteiger partial charge in [-0.15, -0.1) is 0 Å². The molecular formula is C30H23N5O3. The first-order valence-corrected chi connectivity index (χ1v) is 12.0. The fourth-order valence-electron chi connectivity index (χ4n) is 4.37. The van der Waals surface area contributed by atoms with Crippen LogP contribution in [0.3, 0.4) is 0 Å². The summed E-state index contributed by atoms with van der Waals surface area (Å²) in [4.78, 5) is 26.1. The minimum absolute atomic E-state index is 0.0741. The summed E-state index contributed by atoms with van der Waals surface area (Å²) in [6, 6.07) is 26.6. The molecule has 0 fully saturated rings. The van der Waals surface area contributed by atoms with Gasteiger partial charge in [-0.05, 0) is 65.7 Å². The average molecular weight is 502 g/mol. The Hall–Kier alpha value is -5.29. The van der Waals surface area contributed by atoms with E-state index in [0.29, 0.717) is 18.0 Å². The lowest BCUT2D eigenvalue weighted by atomic mass is 9.97. The monoisotopic (exact) mass is 501 g/mol. The van der Waals surface area contributed by atoms with Crippen molar-refractivity contribution in [2.75, 3.05) is 6.61 Å². The summed E-state index contributed by atoms with van der Waals surface area (Å²) >= 11 is 0. The van der Waals surface area contributed by atoms with Gasteiger partial charge < -0.3 is 4.74 Å². The van der Waals surface area contributed by atoms with Gasteiger partial charge in [-0.25, -0.2) is 5.43 Å². The lowest BCUT2D eigenvalue weighted by molar-refractivity contribution is 0.0947. The molecule has 0 bridgehead atoms. The van der Waals surface area contributed by atoms with Crippen molar-refractivity contribution in [3.63, 3.8) is 0 Å². The van der Waals surface area contributed by atoms with Gasteiger partial charge in [0, 0.05) is 11.1 Å². The van der Waals surface area contributed by atoms with Gasteiger partial charge in [-0.1, -0.05) is 48.5 Å². The number of hydrogen-bond donors (Lipinski definition) is 1. The number of benzene rings is 4. The molecule has 8 heteroatoms. The highest BCUT2D eigenvalue weighted by Gasteiger charge is 2.20. The third kappa shape index (κ3) is 4.49. The van der Waals surface area contributed by atoms with Crippen LogP contribution in [-0.4, -0.2) is 28.5 Å². The predicted molar refractivity (Wildman–Crippen MR) is 147 cm³/mol. The van der Waals surface area contributed by atoms with E-state index in [4.69, 9.17) is 4.74 Å². The average Bonchev–Trinajstić information content (AvgIpc) is 2.93. The Morgan fingerprint density at radius 3 is 2.29 bits per heavy atom. The van der Waals surface area contributed by atoms with Crippen LogP contribution in [0.2, 0.25) is 0 Å². The second kappa shape index (κ2) is 10.4. The molecule has 1 N–H and O–H groups in total. The quantitative estimate of drug-likeness (QED) is 0.203. The first-order chi connectivity index (χ1) is 18.5. The summed E-state index contributed by atoms with van der Waals surface area (Å²) in [5.74, 6) is -0.00957. The molecule has 0 unspecified atom stereocenters. The van der Waals surface area contributed by atoms with Gasteiger partial charge >= 0.3 is 0 Å². The maximum Gasteiger partial charge on any atom is 0.292 e. The Morgan fingerprint density at radius 1 is 1.05 bits per heavy atom. The molecule has 0 saturated heterocycles. The van der Waals surface area contributed by atoms with E-state index in [2.05, 4.69) is 21.7 Å². The zero-order chi connectivity index (χ0) is 26.6. The maximum absolute atomic E-state index is 13.2. The summed E-state index contributed by atoms with van der Waals surface area (Å²) in [6.07, 6.45) is 1.60. The predicted octanol–water partition coefficient (Wildman–Crippen LogP) is 4.88. The van der Waals surface area contributed by atoms with E-state index in [1.165, 1.54) is 6.92 Å². The summed E-state index contributed by atoms with van der Waals surface area (Å²) in [7, 11) is 0. The molecule has 38 heavy (non-hydrogen) atoms. The molecule has 0 aliphatic heterocycles. The van der Waals surface area contributed by atoms with E-state index >= 15 is 0 Å². The smallest absolute Gasteiger partial charge is 0.292 e. The van der Waals surface area contributed by atoms with Crippen LogP contribution in [0, 0.1) is 18.3 Å². The summed E-state index contributed by atoms with van der Waals surface area (Å²) in [6.45, 7) is 3.89. The topological polar surface area (TPSA) is 109 Å². The molecule has 5 rings (SSSR count). The minimum Gasteiger partial charge on any atom is -0.494 e. The highest BCUT2D eigenvalue weighted by atomic mass is 16.5. The summed E-state index contributed by atoms with van der Waals surface area (Å²) in [5.41, 5.74) is 3.11.